The zero-order chi connectivity index (χ0) is 15.5. The molecule has 2 heterocycles. The molecular weight excluding hydrogens is 282 g/mol. The van der Waals surface area contributed by atoms with E-state index in [0.717, 1.165) is 31.9 Å². The van der Waals surface area contributed by atoms with Crippen molar-refractivity contribution in [3.05, 3.63) is 12.2 Å². The second-order valence-electron chi connectivity index (χ2n) is 6.48. The van der Waals surface area contributed by atoms with E-state index in [2.05, 4.69) is 19.7 Å². The number of ether oxygens (including phenoxy) is 1. The molecule has 0 N–H and O–H groups in total. The van der Waals surface area contributed by atoms with E-state index in [-0.39, 0.29) is 6.09 Å². The summed E-state index contributed by atoms with van der Waals surface area (Å²) in [7, 11) is 3.40. The van der Waals surface area contributed by atoms with Crippen LogP contribution in [-0.2, 0) is 4.74 Å². The second-order valence-corrected chi connectivity index (χ2v) is 6.48. The highest BCUT2D eigenvalue weighted by Gasteiger charge is 2.31. The Bertz CT molecular complexity index is 512. The van der Waals surface area contributed by atoms with Gasteiger partial charge in [-0.3, -0.25) is 4.90 Å². The van der Waals surface area contributed by atoms with Gasteiger partial charge in [-0.25, -0.2) is 4.79 Å². The molecule has 1 amide bonds. The van der Waals surface area contributed by atoms with Crippen molar-refractivity contribution >= 4 is 6.09 Å². The van der Waals surface area contributed by atoms with Gasteiger partial charge < -0.3 is 14.2 Å². The summed E-state index contributed by atoms with van der Waals surface area (Å²) in [5, 5.41) is 8.47. The van der Waals surface area contributed by atoms with Crippen LogP contribution in [0.4, 0.5) is 4.79 Å². The largest absolute Gasteiger partial charge is 0.448 e. The first-order valence-corrected chi connectivity index (χ1v) is 8.11. The lowest BCUT2D eigenvalue weighted by Gasteiger charge is -2.32. The van der Waals surface area contributed by atoms with Gasteiger partial charge in [-0.2, -0.15) is 0 Å². The Morgan fingerprint density at radius 2 is 2.23 bits per heavy atom. The van der Waals surface area contributed by atoms with E-state index in [0.29, 0.717) is 18.6 Å². The molecule has 1 aromatic heterocycles. The Kier molecular flexibility index (Phi) is 4.61. The molecule has 0 aromatic carbocycles. The van der Waals surface area contributed by atoms with Crippen LogP contribution >= 0.6 is 0 Å². The van der Waals surface area contributed by atoms with Crippen LogP contribution in [0.5, 0.6) is 0 Å². The highest BCUT2D eigenvalue weighted by Crippen LogP contribution is 2.37. The average molecular weight is 307 g/mol. The van der Waals surface area contributed by atoms with Crippen LogP contribution < -0.4 is 0 Å². The zero-order valence-corrected chi connectivity index (χ0v) is 13.4. The van der Waals surface area contributed by atoms with Gasteiger partial charge in [0.15, 0.2) is 0 Å². The molecule has 2 aliphatic rings. The summed E-state index contributed by atoms with van der Waals surface area (Å²) in [4.78, 5) is 15.2. The minimum absolute atomic E-state index is 0.276. The molecule has 2 fully saturated rings. The molecule has 7 nitrogen and oxygen atoms in total. The maximum Gasteiger partial charge on any atom is 0.409 e. The molecule has 0 unspecified atom stereocenters. The molecule has 22 heavy (non-hydrogen) atoms. The Hall–Kier alpha value is -1.63. The van der Waals surface area contributed by atoms with E-state index in [4.69, 9.17) is 4.74 Å². The number of likely N-dealkylation sites (tertiary alicyclic amines) is 1. The first-order chi connectivity index (χ1) is 10.6. The predicted molar refractivity (Wildman–Crippen MR) is 81.7 cm³/mol. The summed E-state index contributed by atoms with van der Waals surface area (Å²) in [6.45, 7) is 3.27. The standard InChI is InChI=1S/C15H25N5O2/c1-18(2)15(21)22-9-8-19-7-3-4-12(10-19)14-17-16-11-20(14)13-5-6-13/h11-13H,3-10H2,1-2H3/t12-/m0/s1. The van der Waals surface area contributed by atoms with Crippen molar-refractivity contribution < 1.29 is 9.53 Å². The van der Waals surface area contributed by atoms with Crippen molar-refractivity contribution in [2.45, 2.75) is 37.6 Å². The van der Waals surface area contributed by atoms with Crippen molar-refractivity contribution in [2.75, 3.05) is 40.3 Å². The van der Waals surface area contributed by atoms with Gasteiger partial charge >= 0.3 is 6.09 Å². The first-order valence-electron chi connectivity index (χ1n) is 8.11. The minimum Gasteiger partial charge on any atom is -0.448 e. The number of carbonyl (C=O) groups excluding carboxylic acids is 1. The summed E-state index contributed by atoms with van der Waals surface area (Å²) in [6, 6.07) is 0.626. The third-order valence-electron chi connectivity index (χ3n) is 4.41. The van der Waals surface area contributed by atoms with Crippen molar-refractivity contribution in [2.24, 2.45) is 0 Å². The molecule has 3 rings (SSSR count). The molecule has 1 aliphatic heterocycles. The summed E-state index contributed by atoms with van der Waals surface area (Å²) in [5.41, 5.74) is 0. The molecule has 0 spiro atoms. The monoisotopic (exact) mass is 307 g/mol. The number of aromatic nitrogens is 3. The number of hydrogen-bond acceptors (Lipinski definition) is 5. The quantitative estimate of drug-likeness (QED) is 0.824. The zero-order valence-electron chi connectivity index (χ0n) is 13.4. The van der Waals surface area contributed by atoms with Crippen LogP contribution in [0.25, 0.3) is 0 Å². The molecule has 1 atom stereocenters. The number of amides is 1. The van der Waals surface area contributed by atoms with E-state index in [1.165, 1.54) is 24.2 Å². The predicted octanol–water partition coefficient (Wildman–Crippen LogP) is 1.49. The first kappa shape index (κ1) is 15.3. The van der Waals surface area contributed by atoms with Crippen LogP contribution in [0.1, 0.15) is 43.5 Å². The van der Waals surface area contributed by atoms with Gasteiger partial charge in [0, 0.05) is 39.1 Å². The number of carbonyl (C=O) groups is 1. The molecule has 122 valence electrons. The van der Waals surface area contributed by atoms with E-state index >= 15 is 0 Å². The fraction of sp³-hybridized carbons (Fsp3) is 0.800. The van der Waals surface area contributed by atoms with Crippen molar-refractivity contribution in [3.63, 3.8) is 0 Å². The molecule has 1 saturated heterocycles. The van der Waals surface area contributed by atoms with Crippen LogP contribution in [0, 0.1) is 0 Å². The van der Waals surface area contributed by atoms with E-state index in [1.807, 2.05) is 6.33 Å². The van der Waals surface area contributed by atoms with Crippen molar-refractivity contribution in [1.82, 2.24) is 24.6 Å². The molecular formula is C15H25N5O2. The van der Waals surface area contributed by atoms with Crippen LogP contribution in [-0.4, -0.2) is 71.0 Å². The molecule has 1 aliphatic carbocycles. The number of piperidine rings is 1. The summed E-state index contributed by atoms with van der Waals surface area (Å²) in [5.74, 6) is 1.58. The Balaban J connectivity index is 1.51. The molecule has 7 heteroatoms. The molecule has 0 radical (unpaired) electrons. The average Bonchev–Trinajstić information content (AvgIpc) is 3.24. The number of nitrogens with zero attached hydrogens (tertiary/aromatic N) is 5. The smallest absolute Gasteiger partial charge is 0.409 e. The SMILES string of the molecule is CN(C)C(=O)OCCN1CCC[C@H](c2nncn2C2CC2)C1. The normalized spacial score (nSPS) is 22.5. The lowest BCUT2D eigenvalue weighted by molar-refractivity contribution is 0.0962. The topological polar surface area (TPSA) is 63.5 Å². The molecule has 1 aromatic rings. The Morgan fingerprint density at radius 3 is 2.95 bits per heavy atom. The molecule has 1 saturated carbocycles. The highest BCUT2D eigenvalue weighted by atomic mass is 16.6. The van der Waals surface area contributed by atoms with Gasteiger partial charge in [0.1, 0.15) is 18.8 Å². The van der Waals surface area contributed by atoms with Gasteiger partial charge in [-0.1, -0.05) is 0 Å². The van der Waals surface area contributed by atoms with E-state index < -0.39 is 0 Å². The summed E-state index contributed by atoms with van der Waals surface area (Å²) < 4.78 is 7.48. The van der Waals surface area contributed by atoms with E-state index in [9.17, 15) is 4.79 Å². The number of rotatable bonds is 5. The van der Waals surface area contributed by atoms with Gasteiger partial charge in [-0.15, -0.1) is 10.2 Å². The minimum atomic E-state index is -0.276. The number of hydrogen-bond donors (Lipinski definition) is 0. The van der Waals surface area contributed by atoms with Crippen LogP contribution in [0.2, 0.25) is 0 Å². The fourth-order valence-electron chi connectivity index (χ4n) is 3.04. The maximum atomic E-state index is 11.4. The highest BCUT2D eigenvalue weighted by molar-refractivity contribution is 5.66. The fourth-order valence-corrected chi connectivity index (χ4v) is 3.04. The molecule has 0 bridgehead atoms. The van der Waals surface area contributed by atoms with Crippen molar-refractivity contribution in [3.8, 4) is 0 Å². The summed E-state index contributed by atoms with van der Waals surface area (Å²) >= 11 is 0. The second kappa shape index (κ2) is 6.64. The third kappa shape index (κ3) is 3.58. The Labute approximate surface area is 131 Å². The van der Waals surface area contributed by atoms with Gasteiger partial charge in [0.05, 0.1) is 0 Å². The van der Waals surface area contributed by atoms with Crippen LogP contribution in [0.15, 0.2) is 6.33 Å². The third-order valence-corrected chi connectivity index (χ3v) is 4.41. The van der Waals surface area contributed by atoms with Gasteiger partial charge in [0.25, 0.3) is 0 Å². The van der Waals surface area contributed by atoms with Crippen molar-refractivity contribution in [1.29, 1.82) is 0 Å². The lowest BCUT2D eigenvalue weighted by atomic mass is 9.97. The lowest BCUT2D eigenvalue weighted by Crippen LogP contribution is -2.38. The maximum absolute atomic E-state index is 11.4. The Morgan fingerprint density at radius 1 is 1.41 bits per heavy atom. The van der Waals surface area contributed by atoms with Gasteiger partial charge in [0.2, 0.25) is 0 Å². The van der Waals surface area contributed by atoms with Gasteiger partial charge in [-0.05, 0) is 32.2 Å². The van der Waals surface area contributed by atoms with E-state index in [1.54, 1.807) is 14.1 Å². The summed E-state index contributed by atoms with van der Waals surface area (Å²) in [6.07, 6.45) is 6.43. The van der Waals surface area contributed by atoms with Crippen LogP contribution in [0.3, 0.4) is 0 Å².